The van der Waals surface area contributed by atoms with Gasteiger partial charge in [-0.1, -0.05) is 170 Å². The zero-order valence-corrected chi connectivity index (χ0v) is 37.5. The average Bonchev–Trinajstić information content (AvgIpc) is 3.22. The van der Waals surface area contributed by atoms with E-state index in [0.717, 1.165) is 96.3 Å². The Morgan fingerprint density at radius 1 is 0.362 bits per heavy atom. The van der Waals surface area contributed by atoms with Crippen molar-refractivity contribution in [1.82, 2.24) is 0 Å². The second kappa shape index (κ2) is 46.3. The number of allylic oxidation sites excluding steroid dienone is 14. The molecule has 0 spiro atoms. The molecule has 0 aliphatic rings. The van der Waals surface area contributed by atoms with Crippen LogP contribution in [0.3, 0.4) is 0 Å². The molecule has 0 fully saturated rings. The number of hydrogen-bond acceptors (Lipinski definition) is 6. The lowest BCUT2D eigenvalue weighted by molar-refractivity contribution is -0.166. The molecule has 0 aromatic carbocycles. The van der Waals surface area contributed by atoms with E-state index in [1.807, 2.05) is 12.2 Å². The Morgan fingerprint density at radius 3 is 1.16 bits per heavy atom. The molecule has 1 unspecified atom stereocenters. The first-order chi connectivity index (χ1) is 28.5. The molecule has 1 atom stereocenters. The Kier molecular flexibility index (Phi) is 43.6. The SMILES string of the molecule is CC/C=C\C/C=C\C/C=C\C/C=C\C/C=C\CCC(=O)OCC(COC(=O)CCCCCCC/C=C\CCCCC)OC(=O)CCCCCCC/C=C\CCCCC. The van der Waals surface area contributed by atoms with Crippen LogP contribution in [0.25, 0.3) is 0 Å². The lowest BCUT2D eigenvalue weighted by Gasteiger charge is -2.18. The van der Waals surface area contributed by atoms with Crippen LogP contribution in [0, 0.1) is 0 Å². The van der Waals surface area contributed by atoms with Crippen molar-refractivity contribution in [3.63, 3.8) is 0 Å². The van der Waals surface area contributed by atoms with Crippen LogP contribution in [0.2, 0.25) is 0 Å². The Balaban J connectivity index is 4.52. The van der Waals surface area contributed by atoms with Gasteiger partial charge < -0.3 is 14.2 Å². The van der Waals surface area contributed by atoms with Gasteiger partial charge in [-0.2, -0.15) is 0 Å². The summed E-state index contributed by atoms with van der Waals surface area (Å²) in [5.41, 5.74) is 0. The van der Waals surface area contributed by atoms with Crippen LogP contribution in [-0.4, -0.2) is 37.2 Å². The van der Waals surface area contributed by atoms with Crippen molar-refractivity contribution in [2.24, 2.45) is 0 Å². The normalized spacial score (nSPS) is 12.8. The van der Waals surface area contributed by atoms with Gasteiger partial charge in [-0.25, -0.2) is 0 Å². The maximum absolute atomic E-state index is 12.7. The van der Waals surface area contributed by atoms with Crippen molar-refractivity contribution in [1.29, 1.82) is 0 Å². The summed E-state index contributed by atoms with van der Waals surface area (Å²) in [7, 11) is 0. The van der Waals surface area contributed by atoms with Crippen molar-refractivity contribution in [3.05, 3.63) is 85.1 Å². The molecule has 0 saturated heterocycles. The van der Waals surface area contributed by atoms with Gasteiger partial charge in [0.2, 0.25) is 0 Å². The molecule has 6 nitrogen and oxygen atoms in total. The summed E-state index contributed by atoms with van der Waals surface area (Å²) >= 11 is 0. The lowest BCUT2D eigenvalue weighted by Crippen LogP contribution is -2.30. The van der Waals surface area contributed by atoms with E-state index in [4.69, 9.17) is 14.2 Å². The molecule has 0 aromatic rings. The van der Waals surface area contributed by atoms with Gasteiger partial charge in [-0.3, -0.25) is 14.4 Å². The van der Waals surface area contributed by atoms with Crippen molar-refractivity contribution in [2.45, 2.75) is 213 Å². The molecule has 58 heavy (non-hydrogen) atoms. The summed E-state index contributed by atoms with van der Waals surface area (Å²) in [6, 6.07) is 0. The second-order valence-corrected chi connectivity index (χ2v) is 15.3. The minimum absolute atomic E-state index is 0.108. The van der Waals surface area contributed by atoms with Gasteiger partial charge in [0, 0.05) is 19.3 Å². The van der Waals surface area contributed by atoms with E-state index in [9.17, 15) is 14.4 Å². The van der Waals surface area contributed by atoms with Crippen LogP contribution in [0.4, 0.5) is 0 Å². The highest BCUT2D eigenvalue weighted by molar-refractivity contribution is 5.71. The first kappa shape index (κ1) is 54.6. The number of rotatable bonds is 41. The predicted molar refractivity (Wildman–Crippen MR) is 247 cm³/mol. The molecular formula is C52H86O6. The Morgan fingerprint density at radius 2 is 0.707 bits per heavy atom. The molecule has 0 saturated carbocycles. The summed E-state index contributed by atoms with van der Waals surface area (Å²) in [5, 5.41) is 0. The number of unbranched alkanes of at least 4 members (excludes halogenated alkanes) is 16. The number of hydrogen-bond donors (Lipinski definition) is 0. The molecule has 0 heterocycles. The average molecular weight is 807 g/mol. The van der Waals surface area contributed by atoms with Gasteiger partial charge in [-0.15, -0.1) is 0 Å². The van der Waals surface area contributed by atoms with Crippen LogP contribution in [0.1, 0.15) is 207 Å². The molecule has 0 aliphatic heterocycles. The summed E-state index contributed by atoms with van der Waals surface area (Å²) in [5.74, 6) is -1.02. The third-order valence-electron chi connectivity index (χ3n) is 9.62. The fourth-order valence-corrected chi connectivity index (χ4v) is 6.07. The summed E-state index contributed by atoms with van der Waals surface area (Å²) in [6.45, 7) is 6.37. The van der Waals surface area contributed by atoms with Gasteiger partial charge >= 0.3 is 17.9 Å². The highest BCUT2D eigenvalue weighted by atomic mass is 16.6. The number of ether oxygens (including phenoxy) is 3. The fraction of sp³-hybridized carbons (Fsp3) is 0.673. The number of esters is 3. The van der Waals surface area contributed by atoms with E-state index in [-0.39, 0.29) is 37.5 Å². The van der Waals surface area contributed by atoms with Gasteiger partial charge in [0.15, 0.2) is 6.10 Å². The maximum Gasteiger partial charge on any atom is 0.306 e. The van der Waals surface area contributed by atoms with Crippen LogP contribution >= 0.6 is 0 Å². The van der Waals surface area contributed by atoms with E-state index in [0.29, 0.717) is 19.3 Å². The van der Waals surface area contributed by atoms with E-state index in [1.54, 1.807) is 0 Å². The van der Waals surface area contributed by atoms with Crippen LogP contribution < -0.4 is 0 Å². The zero-order chi connectivity index (χ0) is 42.3. The van der Waals surface area contributed by atoms with Gasteiger partial charge in [-0.05, 0) is 103 Å². The molecule has 330 valence electrons. The third kappa shape index (κ3) is 43.7. The summed E-state index contributed by atoms with van der Waals surface area (Å²) in [4.78, 5) is 37.8. The van der Waals surface area contributed by atoms with E-state index >= 15 is 0 Å². The molecule has 0 radical (unpaired) electrons. The van der Waals surface area contributed by atoms with Crippen molar-refractivity contribution < 1.29 is 28.6 Å². The quantitative estimate of drug-likeness (QED) is 0.0265. The van der Waals surface area contributed by atoms with Gasteiger partial charge in [0.25, 0.3) is 0 Å². The molecule has 0 N–H and O–H groups in total. The van der Waals surface area contributed by atoms with E-state index in [2.05, 4.69) is 93.7 Å². The first-order valence-corrected chi connectivity index (χ1v) is 23.6. The maximum atomic E-state index is 12.7. The van der Waals surface area contributed by atoms with Crippen molar-refractivity contribution in [2.75, 3.05) is 13.2 Å². The van der Waals surface area contributed by atoms with Gasteiger partial charge in [0.1, 0.15) is 13.2 Å². The molecule has 0 aliphatic carbocycles. The minimum atomic E-state index is -0.812. The zero-order valence-electron chi connectivity index (χ0n) is 37.5. The van der Waals surface area contributed by atoms with Crippen LogP contribution in [-0.2, 0) is 28.6 Å². The van der Waals surface area contributed by atoms with Gasteiger partial charge in [0.05, 0.1) is 0 Å². The molecule has 0 aromatic heterocycles. The highest BCUT2D eigenvalue weighted by Gasteiger charge is 2.19. The van der Waals surface area contributed by atoms with Crippen molar-refractivity contribution in [3.8, 4) is 0 Å². The largest absolute Gasteiger partial charge is 0.462 e. The third-order valence-corrected chi connectivity index (χ3v) is 9.62. The standard InChI is InChI=1S/C52H86O6/c1-4-7-10-13-16-19-22-25-26-27-28-31-33-36-39-42-45-51(54)57-48-49(58-52(55)46-43-40-37-34-30-24-21-18-15-12-9-6-3)47-56-50(53)44-41-38-35-32-29-23-20-17-14-11-8-5-2/h7,10,16-21,25-26,28,31,36,39,49H,4-6,8-9,11-15,22-24,27,29-30,32-35,37-38,40-48H2,1-3H3/b10-7-,19-16-,20-17-,21-18-,26-25-,31-28-,39-36-. The minimum Gasteiger partial charge on any atom is -0.462 e. The van der Waals surface area contributed by atoms with Crippen molar-refractivity contribution >= 4 is 17.9 Å². The van der Waals surface area contributed by atoms with E-state index < -0.39 is 6.10 Å². The number of carbonyl (C=O) groups excluding carboxylic acids is 3. The van der Waals surface area contributed by atoms with Crippen LogP contribution in [0.15, 0.2) is 85.1 Å². The lowest BCUT2D eigenvalue weighted by atomic mass is 10.1. The summed E-state index contributed by atoms with van der Waals surface area (Å²) in [6.07, 6.45) is 58.6. The fourth-order valence-electron chi connectivity index (χ4n) is 6.07. The topological polar surface area (TPSA) is 78.9 Å². The smallest absolute Gasteiger partial charge is 0.306 e. The molecular weight excluding hydrogens is 721 g/mol. The van der Waals surface area contributed by atoms with E-state index in [1.165, 1.54) is 64.2 Å². The molecule has 0 rings (SSSR count). The summed E-state index contributed by atoms with van der Waals surface area (Å²) < 4.78 is 16.6. The Hall–Kier alpha value is -3.41. The Bertz CT molecular complexity index is 1160. The monoisotopic (exact) mass is 807 g/mol. The number of carbonyl (C=O) groups is 3. The molecule has 0 bridgehead atoms. The molecule has 6 heteroatoms. The second-order valence-electron chi connectivity index (χ2n) is 15.3. The van der Waals surface area contributed by atoms with Crippen LogP contribution in [0.5, 0.6) is 0 Å². The Labute approximate surface area is 356 Å². The molecule has 0 amide bonds. The predicted octanol–water partition coefficient (Wildman–Crippen LogP) is 15.3. The highest BCUT2D eigenvalue weighted by Crippen LogP contribution is 2.12. The first-order valence-electron chi connectivity index (χ1n) is 23.6.